The SMILES string of the molecule is O=C(OCc1nc(-c2cccs2)no1)c1ccc(CN2CCCCC2)cc1. The highest BCUT2D eigenvalue weighted by atomic mass is 32.1. The fourth-order valence-corrected chi connectivity index (χ4v) is 3.80. The minimum absolute atomic E-state index is 0.0350. The Morgan fingerprint density at radius 3 is 2.70 bits per heavy atom. The van der Waals surface area contributed by atoms with Gasteiger partial charge in [0.05, 0.1) is 10.4 Å². The van der Waals surface area contributed by atoms with Crippen molar-refractivity contribution < 1.29 is 14.1 Å². The van der Waals surface area contributed by atoms with Crippen LogP contribution in [0.3, 0.4) is 0 Å². The second-order valence-electron chi connectivity index (χ2n) is 6.60. The summed E-state index contributed by atoms with van der Waals surface area (Å²) >= 11 is 1.53. The summed E-state index contributed by atoms with van der Waals surface area (Å²) in [7, 11) is 0. The second kappa shape index (κ2) is 8.45. The molecule has 0 aliphatic carbocycles. The number of hydrogen-bond acceptors (Lipinski definition) is 7. The second-order valence-corrected chi connectivity index (χ2v) is 7.55. The lowest BCUT2D eigenvalue weighted by Crippen LogP contribution is -2.29. The Kier molecular flexibility index (Phi) is 5.60. The molecule has 7 heteroatoms. The molecule has 0 spiro atoms. The lowest BCUT2D eigenvalue weighted by atomic mass is 10.1. The molecule has 0 bridgehead atoms. The molecule has 1 aromatic carbocycles. The number of piperidine rings is 1. The molecule has 2 aromatic heterocycles. The molecule has 1 aliphatic heterocycles. The molecule has 0 saturated carbocycles. The summed E-state index contributed by atoms with van der Waals surface area (Å²) in [5.41, 5.74) is 1.74. The smallest absolute Gasteiger partial charge is 0.338 e. The summed E-state index contributed by atoms with van der Waals surface area (Å²) in [6.07, 6.45) is 3.87. The Morgan fingerprint density at radius 1 is 1.15 bits per heavy atom. The van der Waals surface area contributed by atoms with E-state index in [0.29, 0.717) is 11.4 Å². The fourth-order valence-electron chi connectivity index (χ4n) is 3.15. The standard InChI is InChI=1S/C20H21N3O3S/c24-20(25-14-18-21-19(22-26-18)17-5-4-12-27-17)16-8-6-15(7-9-16)13-23-10-2-1-3-11-23/h4-9,12H,1-3,10-11,13-14H2. The predicted molar refractivity (Wildman–Crippen MR) is 102 cm³/mol. The number of nitrogens with zero attached hydrogens (tertiary/aromatic N) is 3. The van der Waals surface area contributed by atoms with Crippen molar-refractivity contribution in [1.82, 2.24) is 15.0 Å². The number of aromatic nitrogens is 2. The van der Waals surface area contributed by atoms with Gasteiger partial charge in [-0.15, -0.1) is 11.3 Å². The lowest BCUT2D eigenvalue weighted by molar-refractivity contribution is 0.0430. The molecule has 0 atom stereocenters. The van der Waals surface area contributed by atoms with E-state index in [9.17, 15) is 4.79 Å². The van der Waals surface area contributed by atoms with Crippen LogP contribution in [-0.2, 0) is 17.9 Å². The summed E-state index contributed by atoms with van der Waals surface area (Å²) in [5.74, 6) is 0.405. The monoisotopic (exact) mass is 383 g/mol. The minimum atomic E-state index is -0.393. The van der Waals surface area contributed by atoms with E-state index in [1.807, 2.05) is 41.8 Å². The van der Waals surface area contributed by atoms with Crippen LogP contribution in [0.5, 0.6) is 0 Å². The van der Waals surface area contributed by atoms with Gasteiger partial charge in [-0.25, -0.2) is 4.79 Å². The van der Waals surface area contributed by atoms with Crippen LogP contribution in [0.2, 0.25) is 0 Å². The highest BCUT2D eigenvalue weighted by Gasteiger charge is 2.14. The van der Waals surface area contributed by atoms with Crippen LogP contribution < -0.4 is 0 Å². The summed E-state index contributed by atoms with van der Waals surface area (Å²) < 4.78 is 10.4. The van der Waals surface area contributed by atoms with Crippen molar-refractivity contribution in [3.8, 4) is 10.7 Å². The first-order valence-corrected chi connectivity index (χ1v) is 10.0. The maximum absolute atomic E-state index is 12.2. The zero-order valence-corrected chi connectivity index (χ0v) is 15.8. The van der Waals surface area contributed by atoms with Gasteiger partial charge >= 0.3 is 5.97 Å². The zero-order chi connectivity index (χ0) is 18.5. The number of likely N-dealkylation sites (tertiary alicyclic amines) is 1. The first kappa shape index (κ1) is 17.9. The van der Waals surface area contributed by atoms with Crippen LogP contribution in [0.4, 0.5) is 0 Å². The quantitative estimate of drug-likeness (QED) is 0.596. The van der Waals surface area contributed by atoms with Crippen LogP contribution in [0, 0.1) is 0 Å². The highest BCUT2D eigenvalue weighted by molar-refractivity contribution is 7.13. The summed E-state index contributed by atoms with van der Waals surface area (Å²) in [5, 5.41) is 5.85. The van der Waals surface area contributed by atoms with E-state index in [2.05, 4.69) is 15.0 Å². The minimum Gasteiger partial charge on any atom is -0.452 e. The van der Waals surface area contributed by atoms with Gasteiger partial charge in [-0.1, -0.05) is 29.8 Å². The molecule has 3 aromatic rings. The van der Waals surface area contributed by atoms with E-state index in [1.165, 1.54) is 36.2 Å². The summed E-state index contributed by atoms with van der Waals surface area (Å²) in [6, 6.07) is 11.4. The van der Waals surface area contributed by atoms with Crippen molar-refractivity contribution in [2.45, 2.75) is 32.4 Å². The molecule has 6 nitrogen and oxygen atoms in total. The topological polar surface area (TPSA) is 68.5 Å². The first-order valence-electron chi connectivity index (χ1n) is 9.13. The number of benzene rings is 1. The van der Waals surface area contributed by atoms with Gasteiger partial charge in [0.2, 0.25) is 5.82 Å². The maximum Gasteiger partial charge on any atom is 0.338 e. The van der Waals surface area contributed by atoms with Crippen molar-refractivity contribution in [1.29, 1.82) is 0 Å². The fraction of sp³-hybridized carbons (Fsp3) is 0.350. The predicted octanol–water partition coefficient (Wildman–Crippen LogP) is 4.14. The third kappa shape index (κ3) is 4.61. The third-order valence-corrected chi connectivity index (χ3v) is 5.45. The summed E-state index contributed by atoms with van der Waals surface area (Å²) in [6.45, 7) is 3.21. The average molecular weight is 383 g/mol. The Hall–Kier alpha value is -2.51. The molecule has 0 unspecified atom stereocenters. The molecular weight excluding hydrogens is 362 g/mol. The molecule has 0 amide bonds. The molecule has 3 heterocycles. The molecule has 1 fully saturated rings. The Labute approximate surface area is 161 Å². The summed E-state index contributed by atoms with van der Waals surface area (Å²) in [4.78, 5) is 19.9. The molecule has 1 saturated heterocycles. The van der Waals surface area contributed by atoms with Gasteiger partial charge in [0.25, 0.3) is 5.89 Å². The van der Waals surface area contributed by atoms with Crippen LogP contribution in [0.15, 0.2) is 46.3 Å². The van der Waals surface area contributed by atoms with E-state index in [1.54, 1.807) is 0 Å². The van der Waals surface area contributed by atoms with Crippen LogP contribution in [0.1, 0.15) is 41.1 Å². The van der Waals surface area contributed by atoms with Crippen molar-refractivity contribution in [2.75, 3.05) is 13.1 Å². The molecule has 4 rings (SSSR count). The Balaban J connectivity index is 1.30. The first-order chi connectivity index (χ1) is 13.3. The molecule has 27 heavy (non-hydrogen) atoms. The molecular formula is C20H21N3O3S. The average Bonchev–Trinajstić information content (AvgIpc) is 3.39. The molecule has 0 radical (unpaired) electrons. The van der Waals surface area contributed by atoms with E-state index in [4.69, 9.17) is 9.26 Å². The van der Waals surface area contributed by atoms with Gasteiger partial charge in [0.1, 0.15) is 0 Å². The van der Waals surface area contributed by atoms with Crippen molar-refractivity contribution in [3.63, 3.8) is 0 Å². The van der Waals surface area contributed by atoms with E-state index in [-0.39, 0.29) is 12.5 Å². The molecule has 0 N–H and O–H groups in total. The lowest BCUT2D eigenvalue weighted by Gasteiger charge is -2.26. The van der Waals surface area contributed by atoms with Gasteiger partial charge in [0.15, 0.2) is 6.61 Å². The molecule has 140 valence electrons. The Morgan fingerprint density at radius 2 is 1.96 bits per heavy atom. The van der Waals surface area contributed by atoms with Crippen molar-refractivity contribution in [3.05, 3.63) is 58.8 Å². The van der Waals surface area contributed by atoms with Crippen LogP contribution >= 0.6 is 11.3 Å². The largest absolute Gasteiger partial charge is 0.452 e. The van der Waals surface area contributed by atoms with Gasteiger partial charge in [0, 0.05) is 6.54 Å². The van der Waals surface area contributed by atoms with E-state index >= 15 is 0 Å². The number of ether oxygens (including phenoxy) is 1. The van der Waals surface area contributed by atoms with Crippen molar-refractivity contribution >= 4 is 17.3 Å². The zero-order valence-electron chi connectivity index (χ0n) is 15.0. The van der Waals surface area contributed by atoms with Crippen LogP contribution in [0.25, 0.3) is 10.7 Å². The number of hydrogen-bond donors (Lipinski definition) is 0. The number of carbonyl (C=O) groups is 1. The molecule has 1 aliphatic rings. The van der Waals surface area contributed by atoms with Gasteiger partial charge in [-0.2, -0.15) is 4.98 Å². The van der Waals surface area contributed by atoms with Gasteiger partial charge in [-0.3, -0.25) is 4.90 Å². The number of esters is 1. The normalized spacial score (nSPS) is 15.0. The van der Waals surface area contributed by atoms with Gasteiger partial charge in [-0.05, 0) is 55.1 Å². The highest BCUT2D eigenvalue weighted by Crippen LogP contribution is 2.21. The van der Waals surface area contributed by atoms with Gasteiger partial charge < -0.3 is 9.26 Å². The van der Waals surface area contributed by atoms with E-state index in [0.717, 1.165) is 24.5 Å². The van der Waals surface area contributed by atoms with E-state index < -0.39 is 5.97 Å². The number of thiophene rings is 1. The Bertz CT molecular complexity index is 868. The van der Waals surface area contributed by atoms with Crippen LogP contribution in [-0.4, -0.2) is 34.1 Å². The third-order valence-electron chi connectivity index (χ3n) is 4.58. The number of rotatable bonds is 6. The van der Waals surface area contributed by atoms with Crippen molar-refractivity contribution in [2.24, 2.45) is 0 Å². The maximum atomic E-state index is 12.2. The number of carbonyl (C=O) groups excluding carboxylic acids is 1.